The van der Waals surface area contributed by atoms with E-state index in [1.54, 1.807) is 0 Å². The van der Waals surface area contributed by atoms with Gasteiger partial charge in [0.2, 0.25) is 0 Å². The molecule has 6 nitrogen and oxygen atoms in total. The summed E-state index contributed by atoms with van der Waals surface area (Å²) in [6.45, 7) is 6.51. The highest BCUT2D eigenvalue weighted by Gasteiger charge is 2.19. The lowest BCUT2D eigenvalue weighted by molar-refractivity contribution is -0.167. The quantitative estimate of drug-likeness (QED) is 0.0261. The molecule has 1 unspecified atom stereocenters. The van der Waals surface area contributed by atoms with Crippen LogP contribution < -0.4 is 0 Å². The van der Waals surface area contributed by atoms with Gasteiger partial charge in [0.15, 0.2) is 6.10 Å². The highest BCUT2D eigenvalue weighted by Crippen LogP contribution is 2.18. The summed E-state index contributed by atoms with van der Waals surface area (Å²) in [6.07, 6.45) is 92.5. The fourth-order valence-electron chi connectivity index (χ4n) is 10.6. The van der Waals surface area contributed by atoms with Crippen LogP contribution in [0, 0.1) is 0 Å². The van der Waals surface area contributed by atoms with E-state index in [1.807, 2.05) is 0 Å². The molecular formula is C76H136O6. The van der Waals surface area contributed by atoms with Crippen LogP contribution in [-0.2, 0) is 28.6 Å². The third kappa shape index (κ3) is 67.6. The van der Waals surface area contributed by atoms with Crippen LogP contribution in [0.5, 0.6) is 0 Å². The molecule has 0 saturated carbocycles. The molecule has 0 saturated heterocycles. The van der Waals surface area contributed by atoms with Crippen LogP contribution in [0.25, 0.3) is 0 Å². The number of hydrogen-bond acceptors (Lipinski definition) is 6. The van der Waals surface area contributed by atoms with Gasteiger partial charge in [0.25, 0.3) is 0 Å². The number of carbonyl (C=O) groups is 3. The van der Waals surface area contributed by atoms with Crippen molar-refractivity contribution >= 4 is 17.9 Å². The van der Waals surface area contributed by atoms with Crippen LogP contribution in [0.3, 0.4) is 0 Å². The van der Waals surface area contributed by atoms with E-state index in [1.165, 1.54) is 244 Å². The fraction of sp³-hybridized carbons (Fsp3) is 0.803. The monoisotopic (exact) mass is 1150 g/mol. The van der Waals surface area contributed by atoms with Crippen LogP contribution in [-0.4, -0.2) is 37.2 Å². The highest BCUT2D eigenvalue weighted by atomic mass is 16.6. The van der Waals surface area contributed by atoms with Gasteiger partial charge in [-0.1, -0.05) is 344 Å². The Morgan fingerprint density at radius 1 is 0.256 bits per heavy atom. The molecule has 0 N–H and O–H groups in total. The van der Waals surface area contributed by atoms with Gasteiger partial charge in [-0.15, -0.1) is 0 Å². The minimum atomic E-state index is -0.809. The second-order valence-corrected chi connectivity index (χ2v) is 24.1. The summed E-state index contributed by atoms with van der Waals surface area (Å²) in [6, 6.07) is 0. The average Bonchev–Trinajstić information content (AvgIpc) is 3.48. The first-order valence-electron chi connectivity index (χ1n) is 35.9. The highest BCUT2D eigenvalue weighted by molar-refractivity contribution is 5.71. The average molecular weight is 1150 g/mol. The molecule has 476 valence electrons. The summed E-state index contributed by atoms with van der Waals surface area (Å²) in [5, 5.41) is 0. The van der Waals surface area contributed by atoms with E-state index < -0.39 is 6.10 Å². The largest absolute Gasteiger partial charge is 0.462 e. The van der Waals surface area contributed by atoms with Gasteiger partial charge < -0.3 is 14.2 Å². The van der Waals surface area contributed by atoms with Crippen LogP contribution in [0.4, 0.5) is 0 Å². The van der Waals surface area contributed by atoms with Gasteiger partial charge in [0.05, 0.1) is 0 Å². The Hall–Kier alpha value is -3.15. The van der Waals surface area contributed by atoms with Crippen molar-refractivity contribution in [2.45, 2.75) is 380 Å². The van der Waals surface area contributed by atoms with E-state index in [0.717, 1.165) is 83.5 Å². The minimum Gasteiger partial charge on any atom is -0.462 e. The molecule has 0 heterocycles. The van der Waals surface area contributed by atoms with Crippen LogP contribution in [0.2, 0.25) is 0 Å². The number of rotatable bonds is 66. The van der Waals surface area contributed by atoms with E-state index in [9.17, 15) is 14.4 Å². The van der Waals surface area contributed by atoms with E-state index in [-0.39, 0.29) is 37.5 Å². The van der Waals surface area contributed by atoms with Crippen molar-refractivity contribution in [1.82, 2.24) is 0 Å². The maximum Gasteiger partial charge on any atom is 0.306 e. The fourth-order valence-corrected chi connectivity index (χ4v) is 10.6. The molecule has 0 radical (unpaired) electrons. The Labute approximate surface area is 510 Å². The Morgan fingerprint density at radius 2 is 0.488 bits per heavy atom. The van der Waals surface area contributed by atoms with Crippen molar-refractivity contribution in [2.75, 3.05) is 13.2 Å². The second-order valence-electron chi connectivity index (χ2n) is 24.1. The molecule has 0 aromatic carbocycles. The summed E-state index contributed by atoms with van der Waals surface area (Å²) < 4.78 is 16.9. The molecule has 0 amide bonds. The number of unbranched alkanes of at least 4 members (excludes halogenated alkanes) is 43. The van der Waals surface area contributed by atoms with Crippen molar-refractivity contribution in [1.29, 1.82) is 0 Å². The lowest BCUT2D eigenvalue weighted by Gasteiger charge is -2.18. The number of allylic oxidation sites excluding steroid dienone is 12. The summed E-state index contributed by atoms with van der Waals surface area (Å²) in [5.41, 5.74) is 0. The van der Waals surface area contributed by atoms with Gasteiger partial charge in [0.1, 0.15) is 13.2 Å². The molecule has 0 aromatic heterocycles. The first-order valence-corrected chi connectivity index (χ1v) is 35.9. The Morgan fingerprint density at radius 3 is 0.793 bits per heavy atom. The topological polar surface area (TPSA) is 78.9 Å². The molecule has 0 bridgehead atoms. The number of hydrogen-bond donors (Lipinski definition) is 0. The predicted molar refractivity (Wildman–Crippen MR) is 358 cm³/mol. The number of carbonyl (C=O) groups excluding carboxylic acids is 3. The van der Waals surface area contributed by atoms with Gasteiger partial charge in [-0.25, -0.2) is 0 Å². The van der Waals surface area contributed by atoms with Crippen molar-refractivity contribution in [3.05, 3.63) is 72.9 Å². The Kier molecular flexibility index (Phi) is 67.6. The van der Waals surface area contributed by atoms with Crippen LogP contribution >= 0.6 is 0 Å². The van der Waals surface area contributed by atoms with Crippen molar-refractivity contribution in [3.63, 3.8) is 0 Å². The minimum absolute atomic E-state index is 0.0976. The van der Waals surface area contributed by atoms with E-state index in [0.29, 0.717) is 19.3 Å². The zero-order valence-electron chi connectivity index (χ0n) is 54.8. The zero-order chi connectivity index (χ0) is 59.2. The SMILES string of the molecule is CC/C=C\C/C=C\C/C=C\C/C=C\C/C=C\CCCC(=O)OC(COC(=O)CCCCCCC/C=C\CCCCCCC)COC(=O)CCCCCCCCCCCCCCCCCCCCCCCCCCCCCCCCCCC. The lowest BCUT2D eigenvalue weighted by atomic mass is 10.0. The normalized spacial score (nSPS) is 12.5. The number of esters is 3. The zero-order valence-corrected chi connectivity index (χ0v) is 54.8. The molecule has 82 heavy (non-hydrogen) atoms. The van der Waals surface area contributed by atoms with E-state index in [4.69, 9.17) is 14.2 Å². The summed E-state index contributed by atoms with van der Waals surface area (Å²) in [7, 11) is 0. The second kappa shape index (κ2) is 70.3. The smallest absolute Gasteiger partial charge is 0.306 e. The Balaban J connectivity index is 4.17. The summed E-state index contributed by atoms with van der Waals surface area (Å²) in [5.74, 6) is -0.948. The molecule has 1 atom stereocenters. The standard InChI is InChI=1S/C76H136O6/c1-4-7-10-13-16-19-22-25-28-30-31-32-33-34-35-36-37-38-39-40-41-42-43-44-45-47-48-51-54-57-60-63-66-69-75(78)81-72-73(71-80-74(77)68-65-62-59-56-53-50-27-24-21-18-15-12-9-6-3)82-76(79)70-67-64-61-58-55-52-49-46-29-26-23-20-17-14-11-8-5-2/h8,11,17,20,24,26-27,29,49,52,58,61,73H,4-7,9-10,12-16,18-19,21-23,25,28,30-48,50-51,53-57,59-60,62-72H2,1-3H3/b11-8-,20-17-,27-24-,29-26-,52-49-,61-58-. The maximum atomic E-state index is 12.9. The van der Waals surface area contributed by atoms with Crippen LogP contribution in [0.15, 0.2) is 72.9 Å². The van der Waals surface area contributed by atoms with Gasteiger partial charge >= 0.3 is 17.9 Å². The Bertz CT molecular complexity index is 1500. The molecule has 0 aliphatic rings. The molecule has 0 aliphatic heterocycles. The molecule has 6 heteroatoms. The predicted octanol–water partition coefficient (Wildman–Crippen LogP) is 24.8. The third-order valence-electron chi connectivity index (χ3n) is 15.9. The van der Waals surface area contributed by atoms with E-state index in [2.05, 4.69) is 93.7 Å². The molecule has 0 aromatic rings. The van der Waals surface area contributed by atoms with Crippen LogP contribution in [0.1, 0.15) is 374 Å². The number of ether oxygens (including phenoxy) is 3. The first-order chi connectivity index (χ1) is 40.5. The maximum absolute atomic E-state index is 12.9. The van der Waals surface area contributed by atoms with E-state index >= 15 is 0 Å². The van der Waals surface area contributed by atoms with Gasteiger partial charge in [-0.3, -0.25) is 14.4 Å². The lowest BCUT2D eigenvalue weighted by Crippen LogP contribution is -2.30. The summed E-state index contributed by atoms with van der Waals surface area (Å²) >= 11 is 0. The van der Waals surface area contributed by atoms with Gasteiger partial charge in [-0.05, 0) is 83.5 Å². The van der Waals surface area contributed by atoms with Gasteiger partial charge in [0, 0.05) is 19.3 Å². The van der Waals surface area contributed by atoms with Crippen molar-refractivity contribution in [2.24, 2.45) is 0 Å². The molecular weight excluding hydrogens is 1010 g/mol. The molecule has 0 rings (SSSR count). The summed E-state index contributed by atoms with van der Waals surface area (Å²) in [4.78, 5) is 38.3. The van der Waals surface area contributed by atoms with Crippen molar-refractivity contribution in [3.8, 4) is 0 Å². The van der Waals surface area contributed by atoms with Gasteiger partial charge in [-0.2, -0.15) is 0 Å². The first kappa shape index (κ1) is 78.8. The van der Waals surface area contributed by atoms with Crippen molar-refractivity contribution < 1.29 is 28.6 Å². The molecule has 0 aliphatic carbocycles. The third-order valence-corrected chi connectivity index (χ3v) is 15.9. The molecule has 0 fully saturated rings. The molecule has 0 spiro atoms.